The predicted octanol–water partition coefficient (Wildman–Crippen LogP) is 3.49. The largest absolute Gasteiger partial charge is 0.300 e. The second kappa shape index (κ2) is 4.84. The van der Waals surface area contributed by atoms with Crippen LogP contribution in [-0.2, 0) is 11.2 Å². The summed E-state index contributed by atoms with van der Waals surface area (Å²) in [4.78, 5) is 11.0. The summed E-state index contributed by atoms with van der Waals surface area (Å²) in [6.07, 6.45) is 0.0897. The molecule has 82 valence electrons. The van der Waals surface area contributed by atoms with E-state index in [1.807, 2.05) is 0 Å². The summed E-state index contributed by atoms with van der Waals surface area (Å²) >= 11 is 2.98. The first-order chi connectivity index (χ1) is 6.93. The smallest absolute Gasteiger partial charge is 0.143 e. The van der Waals surface area contributed by atoms with E-state index in [1.165, 1.54) is 19.1 Å². The summed E-state index contributed by atoms with van der Waals surface area (Å²) in [5.41, 5.74) is -0.0351. The van der Waals surface area contributed by atoms with Crippen molar-refractivity contribution in [2.45, 2.75) is 20.3 Å². The lowest BCUT2D eigenvalue weighted by Gasteiger charge is -2.10. The van der Waals surface area contributed by atoms with E-state index in [-0.39, 0.29) is 28.2 Å². The molecule has 1 aromatic carbocycles. The summed E-state index contributed by atoms with van der Waals surface area (Å²) in [5.74, 6) is -1.68. The van der Waals surface area contributed by atoms with Crippen molar-refractivity contribution in [3.8, 4) is 0 Å². The van der Waals surface area contributed by atoms with Gasteiger partial charge in [-0.05, 0) is 41.4 Å². The molecule has 0 saturated carbocycles. The molecule has 4 heteroatoms. The molecule has 0 amide bonds. The summed E-state index contributed by atoms with van der Waals surface area (Å²) in [6, 6.07) is 2.50. The third-order valence-corrected chi connectivity index (χ3v) is 2.96. The first-order valence-electron chi connectivity index (χ1n) is 4.56. The molecule has 0 aliphatic carbocycles. The van der Waals surface area contributed by atoms with Crippen LogP contribution >= 0.6 is 15.9 Å². The van der Waals surface area contributed by atoms with Crippen LogP contribution in [0.3, 0.4) is 0 Å². The molecule has 0 N–H and O–H groups in total. The Morgan fingerprint density at radius 3 is 2.60 bits per heavy atom. The van der Waals surface area contributed by atoms with Crippen molar-refractivity contribution in [1.29, 1.82) is 0 Å². The van der Waals surface area contributed by atoms with Crippen molar-refractivity contribution < 1.29 is 13.6 Å². The van der Waals surface area contributed by atoms with Gasteiger partial charge < -0.3 is 0 Å². The van der Waals surface area contributed by atoms with E-state index in [4.69, 9.17) is 0 Å². The molecule has 0 aliphatic heterocycles. The second-order valence-corrected chi connectivity index (χ2v) is 4.39. The SMILES string of the molecule is CC(=O)C(C)Cc1c(F)ccc(Br)c1F. The lowest BCUT2D eigenvalue weighted by molar-refractivity contribution is -0.120. The second-order valence-electron chi connectivity index (χ2n) is 3.54. The van der Waals surface area contributed by atoms with Crippen molar-refractivity contribution in [2.24, 2.45) is 5.92 Å². The number of carbonyl (C=O) groups is 1. The first kappa shape index (κ1) is 12.3. The first-order valence-corrected chi connectivity index (χ1v) is 5.35. The summed E-state index contributed by atoms with van der Waals surface area (Å²) in [6.45, 7) is 3.07. The Morgan fingerprint density at radius 1 is 1.47 bits per heavy atom. The average Bonchev–Trinajstić information content (AvgIpc) is 2.18. The minimum atomic E-state index is -0.622. The number of carbonyl (C=O) groups excluding carboxylic acids is 1. The predicted molar refractivity (Wildman–Crippen MR) is 57.6 cm³/mol. The van der Waals surface area contributed by atoms with Gasteiger partial charge in [0.25, 0.3) is 0 Å². The molecule has 1 atom stereocenters. The summed E-state index contributed by atoms with van der Waals surface area (Å²) in [5, 5.41) is 0. The van der Waals surface area contributed by atoms with Crippen LogP contribution in [0, 0.1) is 17.6 Å². The highest BCUT2D eigenvalue weighted by atomic mass is 79.9. The maximum absolute atomic E-state index is 13.5. The molecule has 0 heterocycles. The molecule has 0 saturated heterocycles. The van der Waals surface area contributed by atoms with E-state index >= 15 is 0 Å². The molecule has 0 radical (unpaired) electrons. The lowest BCUT2D eigenvalue weighted by Crippen LogP contribution is -2.12. The van der Waals surface area contributed by atoms with E-state index in [9.17, 15) is 13.6 Å². The summed E-state index contributed by atoms with van der Waals surface area (Å²) in [7, 11) is 0. The fourth-order valence-corrected chi connectivity index (χ4v) is 1.58. The Kier molecular flexibility index (Phi) is 3.97. The summed E-state index contributed by atoms with van der Waals surface area (Å²) < 4.78 is 27.0. The van der Waals surface area contributed by atoms with Crippen molar-refractivity contribution in [2.75, 3.05) is 0 Å². The van der Waals surface area contributed by atoms with Gasteiger partial charge in [0, 0.05) is 11.5 Å². The highest BCUT2D eigenvalue weighted by Crippen LogP contribution is 2.24. The van der Waals surface area contributed by atoms with Crippen LogP contribution in [0.4, 0.5) is 8.78 Å². The van der Waals surface area contributed by atoms with Crippen molar-refractivity contribution >= 4 is 21.7 Å². The molecule has 1 unspecified atom stereocenters. The van der Waals surface area contributed by atoms with Gasteiger partial charge in [-0.3, -0.25) is 4.79 Å². The Morgan fingerprint density at radius 2 is 2.07 bits per heavy atom. The third kappa shape index (κ3) is 2.84. The molecular weight excluding hydrogens is 266 g/mol. The van der Waals surface area contributed by atoms with E-state index < -0.39 is 11.6 Å². The normalized spacial score (nSPS) is 12.6. The Balaban J connectivity index is 3.03. The number of benzene rings is 1. The number of hydrogen-bond donors (Lipinski definition) is 0. The molecular formula is C11H11BrF2O. The Labute approximate surface area is 95.6 Å². The van der Waals surface area contributed by atoms with Crippen LogP contribution in [0.2, 0.25) is 0 Å². The molecule has 1 nitrogen and oxygen atoms in total. The number of Topliss-reactive ketones (excluding diaryl/α,β-unsaturated/α-hetero) is 1. The fraction of sp³-hybridized carbons (Fsp3) is 0.364. The Bertz CT molecular complexity index is 390. The molecule has 0 aliphatic rings. The van der Waals surface area contributed by atoms with Crippen molar-refractivity contribution in [3.63, 3.8) is 0 Å². The number of ketones is 1. The number of rotatable bonds is 3. The quantitative estimate of drug-likeness (QED) is 0.773. The third-order valence-electron chi connectivity index (χ3n) is 2.34. The number of halogens is 3. The zero-order valence-corrected chi connectivity index (χ0v) is 10.1. The molecule has 1 aromatic rings. The van der Waals surface area contributed by atoms with E-state index in [0.29, 0.717) is 0 Å². The molecule has 1 rings (SSSR count). The van der Waals surface area contributed by atoms with Gasteiger partial charge in [-0.2, -0.15) is 0 Å². The van der Waals surface area contributed by atoms with Crippen LogP contribution in [-0.4, -0.2) is 5.78 Å². The van der Waals surface area contributed by atoms with Gasteiger partial charge in [-0.1, -0.05) is 6.92 Å². The molecule has 15 heavy (non-hydrogen) atoms. The molecule has 0 spiro atoms. The van der Waals surface area contributed by atoms with Crippen molar-refractivity contribution in [3.05, 3.63) is 33.8 Å². The number of hydrogen-bond acceptors (Lipinski definition) is 1. The van der Waals surface area contributed by atoms with Crippen LogP contribution in [0.5, 0.6) is 0 Å². The van der Waals surface area contributed by atoms with Crippen LogP contribution in [0.15, 0.2) is 16.6 Å². The maximum atomic E-state index is 13.5. The highest BCUT2D eigenvalue weighted by Gasteiger charge is 2.17. The van der Waals surface area contributed by atoms with Crippen LogP contribution in [0.25, 0.3) is 0 Å². The minimum Gasteiger partial charge on any atom is -0.300 e. The van der Waals surface area contributed by atoms with E-state index in [1.54, 1.807) is 6.92 Å². The maximum Gasteiger partial charge on any atom is 0.143 e. The van der Waals surface area contributed by atoms with E-state index in [0.717, 1.165) is 0 Å². The topological polar surface area (TPSA) is 17.1 Å². The van der Waals surface area contributed by atoms with Gasteiger partial charge in [-0.15, -0.1) is 0 Å². The van der Waals surface area contributed by atoms with Crippen LogP contribution < -0.4 is 0 Å². The van der Waals surface area contributed by atoms with Gasteiger partial charge >= 0.3 is 0 Å². The van der Waals surface area contributed by atoms with Gasteiger partial charge in [0.05, 0.1) is 4.47 Å². The minimum absolute atomic E-state index is 0.0351. The molecule has 0 aromatic heterocycles. The fourth-order valence-electron chi connectivity index (χ4n) is 1.21. The van der Waals surface area contributed by atoms with Gasteiger partial charge in [0.2, 0.25) is 0 Å². The Hall–Kier alpha value is -0.770. The standard InChI is InChI=1S/C11H11BrF2O/c1-6(7(2)15)5-8-10(13)4-3-9(12)11(8)14/h3-4,6H,5H2,1-2H3. The monoisotopic (exact) mass is 276 g/mol. The highest BCUT2D eigenvalue weighted by molar-refractivity contribution is 9.10. The van der Waals surface area contributed by atoms with Crippen LogP contribution in [0.1, 0.15) is 19.4 Å². The van der Waals surface area contributed by atoms with Gasteiger partial charge in [0.1, 0.15) is 17.4 Å². The van der Waals surface area contributed by atoms with Gasteiger partial charge in [-0.25, -0.2) is 8.78 Å². The zero-order chi connectivity index (χ0) is 11.6. The molecule has 0 bridgehead atoms. The van der Waals surface area contributed by atoms with Crippen molar-refractivity contribution in [1.82, 2.24) is 0 Å². The lowest BCUT2D eigenvalue weighted by atomic mass is 9.97. The molecule has 0 fully saturated rings. The van der Waals surface area contributed by atoms with E-state index in [2.05, 4.69) is 15.9 Å². The average molecular weight is 277 g/mol. The van der Waals surface area contributed by atoms with Gasteiger partial charge in [0.15, 0.2) is 0 Å². The zero-order valence-electron chi connectivity index (χ0n) is 8.48.